The summed E-state index contributed by atoms with van der Waals surface area (Å²) in [5.74, 6) is 0. The van der Waals surface area contributed by atoms with E-state index in [0.29, 0.717) is 7.18 Å². The molecule has 0 atom stereocenters. The van der Waals surface area contributed by atoms with Crippen molar-refractivity contribution in [2.24, 2.45) is 0 Å². The van der Waals surface area contributed by atoms with Gasteiger partial charge in [-0.1, -0.05) is 0 Å². The maximum atomic E-state index is 10.1. The zero-order valence-electron chi connectivity index (χ0n) is 3.25. The first kappa shape index (κ1) is 9.23. The summed E-state index contributed by atoms with van der Waals surface area (Å²) in [4.78, 5) is 2.38. The minimum absolute atomic E-state index is 0.500. The van der Waals surface area contributed by atoms with Crippen molar-refractivity contribution in [3.8, 4) is 0 Å². The minimum atomic E-state index is -1.35. The summed E-state index contributed by atoms with van der Waals surface area (Å²) < 4.78 is 29.5. The summed E-state index contributed by atoms with van der Waals surface area (Å²) in [6.07, 6.45) is 0. The van der Waals surface area contributed by atoms with Crippen molar-refractivity contribution in [2.75, 3.05) is 14.0 Å². The molecule has 0 heterocycles. The molecule has 0 bridgehead atoms. The van der Waals surface area contributed by atoms with Crippen LogP contribution in [0.1, 0.15) is 0 Å². The molecule has 0 radical (unpaired) electrons. The van der Waals surface area contributed by atoms with Gasteiger partial charge in [-0.25, -0.2) is 4.39 Å². The van der Waals surface area contributed by atoms with E-state index >= 15 is 0 Å². The predicted molar refractivity (Wildman–Crippen MR) is 15.2 cm³/mol. The van der Waals surface area contributed by atoms with Gasteiger partial charge in [-0.15, -0.1) is 0 Å². The maximum Gasteiger partial charge on any atom is 0.227 e. The standard InChI is InChI=1S/CH2F2O.CH3F/c2-1-4-3;1-2/h1H2;1H3. The third-order valence-corrected chi connectivity index (χ3v) is 0.0412. The predicted octanol–water partition coefficient (Wildman–Crippen LogP) is 1.40. The molecule has 0 saturated heterocycles. The monoisotopic (exact) mass is 102 g/mol. The topological polar surface area (TPSA) is 9.23 Å². The highest BCUT2D eigenvalue weighted by Crippen LogP contribution is 1.67. The fraction of sp³-hybridized carbons (Fsp3) is 1.00. The van der Waals surface area contributed by atoms with E-state index in [1.54, 1.807) is 0 Å². The molecular formula is C2H5F3O. The van der Waals surface area contributed by atoms with Gasteiger partial charge in [0.25, 0.3) is 0 Å². The van der Waals surface area contributed by atoms with E-state index in [0.717, 1.165) is 0 Å². The lowest BCUT2D eigenvalue weighted by molar-refractivity contribution is -0.167. The van der Waals surface area contributed by atoms with Gasteiger partial charge in [-0.2, -0.15) is 4.94 Å². The van der Waals surface area contributed by atoms with E-state index in [4.69, 9.17) is 0 Å². The molecule has 6 heavy (non-hydrogen) atoms. The van der Waals surface area contributed by atoms with Gasteiger partial charge in [-0.05, 0) is 4.53 Å². The van der Waals surface area contributed by atoms with E-state index in [2.05, 4.69) is 4.94 Å². The third-order valence-electron chi connectivity index (χ3n) is 0.0412. The second kappa shape index (κ2) is 21.8. The molecule has 0 aromatic carbocycles. The molecule has 0 aromatic heterocycles. The van der Waals surface area contributed by atoms with Crippen LogP contribution in [0.2, 0.25) is 0 Å². The fourth-order valence-corrected chi connectivity index (χ4v) is 0. The van der Waals surface area contributed by atoms with Gasteiger partial charge in [0.2, 0.25) is 6.86 Å². The molecule has 0 fully saturated rings. The van der Waals surface area contributed by atoms with Crippen LogP contribution in [0.15, 0.2) is 0 Å². The van der Waals surface area contributed by atoms with E-state index in [-0.39, 0.29) is 0 Å². The van der Waals surface area contributed by atoms with Crippen molar-refractivity contribution in [1.29, 1.82) is 0 Å². The fourth-order valence-electron chi connectivity index (χ4n) is 0. The summed E-state index contributed by atoms with van der Waals surface area (Å²) in [7, 11) is 0.500. The lowest BCUT2D eigenvalue weighted by Crippen LogP contribution is -1.63. The third kappa shape index (κ3) is 50.4. The van der Waals surface area contributed by atoms with Crippen LogP contribution in [-0.4, -0.2) is 14.0 Å². The van der Waals surface area contributed by atoms with Gasteiger partial charge in [0.15, 0.2) is 0 Å². The molecule has 4 heteroatoms. The molecule has 0 rings (SSSR count). The first-order valence-corrected chi connectivity index (χ1v) is 1.09. The van der Waals surface area contributed by atoms with Crippen LogP contribution in [0.3, 0.4) is 0 Å². The van der Waals surface area contributed by atoms with Crippen LogP contribution in [0.25, 0.3) is 0 Å². The number of halogens is 3. The van der Waals surface area contributed by atoms with Gasteiger partial charge in [0, 0.05) is 0 Å². The van der Waals surface area contributed by atoms with Gasteiger partial charge >= 0.3 is 0 Å². The molecule has 0 N–H and O–H groups in total. The normalized spacial score (nSPS) is 6.00. The molecule has 0 saturated carbocycles. The molecule has 1 nitrogen and oxygen atoms in total. The number of hydrogen-bond donors (Lipinski definition) is 0. The van der Waals surface area contributed by atoms with Gasteiger partial charge < -0.3 is 0 Å². The van der Waals surface area contributed by atoms with Gasteiger partial charge in [-0.3, -0.25) is 4.39 Å². The summed E-state index contributed by atoms with van der Waals surface area (Å²) >= 11 is 0. The quantitative estimate of drug-likeness (QED) is 0.486. The number of rotatable bonds is 1. The Bertz CT molecular complexity index is 10.8. The smallest absolute Gasteiger partial charge is 0.227 e. The lowest BCUT2D eigenvalue weighted by Gasteiger charge is -1.64. The second-order valence-corrected chi connectivity index (χ2v) is 0.218. The second-order valence-electron chi connectivity index (χ2n) is 0.218. The Morgan fingerprint density at radius 3 is 1.67 bits per heavy atom. The van der Waals surface area contributed by atoms with Crippen molar-refractivity contribution >= 4 is 0 Å². The van der Waals surface area contributed by atoms with Crippen LogP contribution in [0, 0.1) is 0 Å². The first-order valence-electron chi connectivity index (χ1n) is 1.09. The van der Waals surface area contributed by atoms with Crippen molar-refractivity contribution < 1.29 is 18.2 Å². The van der Waals surface area contributed by atoms with Crippen LogP contribution >= 0.6 is 0 Å². The summed E-state index contributed by atoms with van der Waals surface area (Å²) in [6, 6.07) is 0. The molecule has 0 aliphatic rings. The Kier molecular flexibility index (Phi) is 33.5. The Labute approximate surface area is 33.6 Å². The average Bonchev–Trinajstić information content (AvgIpc) is 1.72. The molecule has 0 spiro atoms. The molecule has 0 amide bonds. The van der Waals surface area contributed by atoms with Crippen LogP contribution in [0.4, 0.5) is 13.3 Å². The zero-order valence-corrected chi connectivity index (χ0v) is 3.25. The van der Waals surface area contributed by atoms with Crippen molar-refractivity contribution in [1.82, 2.24) is 0 Å². The summed E-state index contributed by atoms with van der Waals surface area (Å²) in [5.41, 5.74) is 0. The van der Waals surface area contributed by atoms with Crippen LogP contribution in [-0.2, 0) is 4.94 Å². The van der Waals surface area contributed by atoms with Crippen molar-refractivity contribution in [2.45, 2.75) is 0 Å². The van der Waals surface area contributed by atoms with Crippen molar-refractivity contribution in [3.63, 3.8) is 0 Å². The number of alkyl halides is 2. The summed E-state index contributed by atoms with van der Waals surface area (Å²) in [6.45, 7) is -1.35. The molecule has 0 unspecified atom stereocenters. The Morgan fingerprint density at radius 2 is 1.67 bits per heavy atom. The highest BCUT2D eigenvalue weighted by atomic mass is 19.3. The van der Waals surface area contributed by atoms with Gasteiger partial charge in [0.05, 0.1) is 7.18 Å². The maximum absolute atomic E-state index is 10.1. The SMILES string of the molecule is CF.FCOF. The highest BCUT2D eigenvalue weighted by Gasteiger charge is 1.62. The molecular weight excluding hydrogens is 97.0 g/mol. The Hall–Kier alpha value is -0.250. The lowest BCUT2D eigenvalue weighted by atomic mass is 11.6. The minimum Gasteiger partial charge on any atom is -0.255 e. The van der Waals surface area contributed by atoms with E-state index in [9.17, 15) is 13.3 Å². The largest absolute Gasteiger partial charge is 0.255 e. The zero-order chi connectivity index (χ0) is 5.41. The molecule has 40 valence electrons. The Morgan fingerprint density at radius 1 is 1.50 bits per heavy atom. The molecule has 0 aromatic rings. The van der Waals surface area contributed by atoms with E-state index in [1.807, 2.05) is 0 Å². The highest BCUT2D eigenvalue weighted by molar-refractivity contribution is 3.62. The number of hydrogen-bond acceptors (Lipinski definition) is 1. The Balaban J connectivity index is 0. The van der Waals surface area contributed by atoms with Gasteiger partial charge in [0.1, 0.15) is 0 Å². The average molecular weight is 102 g/mol. The van der Waals surface area contributed by atoms with Crippen LogP contribution < -0.4 is 0 Å². The summed E-state index contributed by atoms with van der Waals surface area (Å²) in [5, 5.41) is 0. The van der Waals surface area contributed by atoms with Crippen LogP contribution in [0.5, 0.6) is 0 Å². The first-order chi connectivity index (χ1) is 2.91. The molecule has 0 aliphatic carbocycles. The van der Waals surface area contributed by atoms with E-state index in [1.165, 1.54) is 0 Å². The van der Waals surface area contributed by atoms with Crippen molar-refractivity contribution in [3.05, 3.63) is 0 Å². The molecule has 0 aliphatic heterocycles. The van der Waals surface area contributed by atoms with E-state index < -0.39 is 6.86 Å².